The molecule has 1 fully saturated rings. The molecule has 0 radical (unpaired) electrons. The second-order valence-electron chi connectivity index (χ2n) is 6.60. The number of rotatable bonds is 5. The molecule has 0 saturated carbocycles. The van der Waals surface area contributed by atoms with Crippen LogP contribution in [-0.2, 0) is 6.54 Å². The van der Waals surface area contributed by atoms with Crippen LogP contribution >= 0.6 is 0 Å². The van der Waals surface area contributed by atoms with Crippen molar-refractivity contribution in [2.45, 2.75) is 46.6 Å². The molecule has 0 atom stereocenters. The lowest BCUT2D eigenvalue weighted by Crippen LogP contribution is -2.40. The highest BCUT2D eigenvalue weighted by Crippen LogP contribution is 2.33. The molecule has 112 valence electrons. The molecule has 2 nitrogen and oxygen atoms in total. The van der Waals surface area contributed by atoms with Crippen LogP contribution < -0.4 is 10.2 Å². The third-order valence-electron chi connectivity index (χ3n) is 4.06. The largest absolute Gasteiger partial charge is 0.371 e. The number of nitrogens with one attached hydrogen (secondary N) is 1. The Labute approximate surface area is 122 Å². The summed E-state index contributed by atoms with van der Waals surface area (Å²) in [5, 5.41) is 3.33. The van der Waals surface area contributed by atoms with Gasteiger partial charge in [-0.1, -0.05) is 26.8 Å². The average Bonchev–Trinajstić information content (AvgIpc) is 2.39. The molecule has 1 aliphatic rings. The first-order valence-corrected chi connectivity index (χ1v) is 7.76. The van der Waals surface area contributed by atoms with Crippen molar-refractivity contribution in [1.82, 2.24) is 5.32 Å². The molecule has 1 heterocycles. The molecule has 2 rings (SSSR count). The highest BCUT2D eigenvalue weighted by molar-refractivity contribution is 5.54. The Balaban J connectivity index is 2.19. The average molecular weight is 278 g/mol. The minimum atomic E-state index is -0.0884. The van der Waals surface area contributed by atoms with E-state index in [-0.39, 0.29) is 5.82 Å². The summed E-state index contributed by atoms with van der Waals surface area (Å²) in [5.41, 5.74) is 2.21. The highest BCUT2D eigenvalue weighted by atomic mass is 19.1. The Morgan fingerprint density at radius 1 is 1.35 bits per heavy atom. The molecule has 0 aromatic heterocycles. The Morgan fingerprint density at radius 2 is 2.15 bits per heavy atom. The van der Waals surface area contributed by atoms with Gasteiger partial charge in [0.2, 0.25) is 0 Å². The molecule has 1 N–H and O–H groups in total. The lowest BCUT2D eigenvalue weighted by molar-refractivity contribution is 0.292. The Morgan fingerprint density at radius 3 is 2.85 bits per heavy atom. The molecule has 3 heteroatoms. The summed E-state index contributed by atoms with van der Waals surface area (Å²) in [6, 6.07) is 5.46. The van der Waals surface area contributed by atoms with Crippen molar-refractivity contribution in [2.75, 3.05) is 24.5 Å². The molecule has 0 spiro atoms. The summed E-state index contributed by atoms with van der Waals surface area (Å²) in [6.45, 7) is 10.3. The second kappa shape index (κ2) is 6.57. The first kappa shape index (κ1) is 15.3. The second-order valence-corrected chi connectivity index (χ2v) is 6.60. The van der Waals surface area contributed by atoms with Crippen molar-refractivity contribution in [3.05, 3.63) is 29.6 Å². The first-order chi connectivity index (χ1) is 9.53. The van der Waals surface area contributed by atoms with Gasteiger partial charge < -0.3 is 10.2 Å². The van der Waals surface area contributed by atoms with E-state index in [0.717, 1.165) is 37.3 Å². The molecule has 0 unspecified atom stereocenters. The number of piperidine rings is 1. The molecule has 1 aliphatic heterocycles. The fraction of sp³-hybridized carbons (Fsp3) is 0.647. The summed E-state index contributed by atoms with van der Waals surface area (Å²) < 4.78 is 14.2. The quantitative estimate of drug-likeness (QED) is 0.820. The maximum Gasteiger partial charge on any atom is 0.129 e. The molecular weight excluding hydrogens is 251 g/mol. The van der Waals surface area contributed by atoms with Crippen LogP contribution in [0.3, 0.4) is 0 Å². The van der Waals surface area contributed by atoms with E-state index in [1.807, 2.05) is 6.07 Å². The van der Waals surface area contributed by atoms with Gasteiger partial charge in [-0.3, -0.25) is 0 Å². The Bertz CT molecular complexity index is 443. The van der Waals surface area contributed by atoms with Crippen molar-refractivity contribution in [3.63, 3.8) is 0 Å². The summed E-state index contributed by atoms with van der Waals surface area (Å²) in [6.07, 6.45) is 3.51. The van der Waals surface area contributed by atoms with Crippen LogP contribution in [-0.4, -0.2) is 19.6 Å². The molecular formula is C17H27FN2. The Hall–Kier alpha value is -1.09. The molecule has 20 heavy (non-hydrogen) atoms. The van der Waals surface area contributed by atoms with Crippen molar-refractivity contribution in [1.29, 1.82) is 0 Å². The molecule has 0 aliphatic carbocycles. The van der Waals surface area contributed by atoms with Gasteiger partial charge in [0.05, 0.1) is 0 Å². The van der Waals surface area contributed by atoms with Gasteiger partial charge in [-0.2, -0.15) is 0 Å². The van der Waals surface area contributed by atoms with Gasteiger partial charge in [0.25, 0.3) is 0 Å². The maximum absolute atomic E-state index is 14.2. The SMILES string of the molecule is CCCNCc1c(F)cccc1N1CCCC(C)(C)C1. The van der Waals surface area contributed by atoms with Gasteiger partial charge in [-0.25, -0.2) is 4.39 Å². The van der Waals surface area contributed by atoms with Gasteiger partial charge >= 0.3 is 0 Å². The first-order valence-electron chi connectivity index (χ1n) is 7.76. The zero-order valence-corrected chi connectivity index (χ0v) is 13.0. The van der Waals surface area contributed by atoms with E-state index in [4.69, 9.17) is 0 Å². The van der Waals surface area contributed by atoms with E-state index in [1.165, 1.54) is 12.8 Å². The third kappa shape index (κ3) is 3.72. The summed E-state index contributed by atoms with van der Waals surface area (Å²) in [7, 11) is 0. The van der Waals surface area contributed by atoms with E-state index in [1.54, 1.807) is 6.07 Å². The van der Waals surface area contributed by atoms with Crippen molar-refractivity contribution in [3.8, 4) is 0 Å². The lowest BCUT2D eigenvalue weighted by atomic mass is 9.84. The molecule has 1 saturated heterocycles. The van der Waals surface area contributed by atoms with Gasteiger partial charge in [0.15, 0.2) is 0 Å². The van der Waals surface area contributed by atoms with Crippen LogP contribution in [0.2, 0.25) is 0 Å². The van der Waals surface area contributed by atoms with E-state index >= 15 is 0 Å². The van der Waals surface area contributed by atoms with Gasteiger partial charge in [-0.15, -0.1) is 0 Å². The van der Waals surface area contributed by atoms with E-state index in [0.29, 0.717) is 12.0 Å². The number of anilines is 1. The summed E-state index contributed by atoms with van der Waals surface area (Å²) in [5.74, 6) is -0.0884. The topological polar surface area (TPSA) is 15.3 Å². The monoisotopic (exact) mass is 278 g/mol. The normalized spacial score (nSPS) is 18.3. The zero-order chi connectivity index (χ0) is 14.6. The van der Waals surface area contributed by atoms with Crippen LogP contribution in [0.5, 0.6) is 0 Å². The molecule has 1 aromatic rings. The van der Waals surface area contributed by atoms with Crippen LogP contribution in [0, 0.1) is 11.2 Å². The predicted molar refractivity (Wildman–Crippen MR) is 83.6 cm³/mol. The maximum atomic E-state index is 14.2. The number of hydrogen-bond acceptors (Lipinski definition) is 2. The minimum Gasteiger partial charge on any atom is -0.371 e. The van der Waals surface area contributed by atoms with Crippen LogP contribution in [0.1, 0.15) is 45.6 Å². The Kier molecular flexibility index (Phi) is 5.03. The molecule has 0 bridgehead atoms. The van der Waals surface area contributed by atoms with Crippen molar-refractivity contribution < 1.29 is 4.39 Å². The van der Waals surface area contributed by atoms with Gasteiger partial charge in [0, 0.05) is 30.9 Å². The lowest BCUT2D eigenvalue weighted by Gasteiger charge is -2.40. The van der Waals surface area contributed by atoms with E-state index < -0.39 is 0 Å². The highest BCUT2D eigenvalue weighted by Gasteiger charge is 2.27. The van der Waals surface area contributed by atoms with Crippen LogP contribution in [0.25, 0.3) is 0 Å². The number of halogens is 1. The van der Waals surface area contributed by atoms with Gasteiger partial charge in [-0.05, 0) is 43.4 Å². The number of hydrogen-bond donors (Lipinski definition) is 1. The van der Waals surface area contributed by atoms with Gasteiger partial charge in [0.1, 0.15) is 5.82 Å². The van der Waals surface area contributed by atoms with Crippen molar-refractivity contribution in [2.24, 2.45) is 5.41 Å². The van der Waals surface area contributed by atoms with Crippen LogP contribution in [0.15, 0.2) is 18.2 Å². The summed E-state index contributed by atoms with van der Waals surface area (Å²) in [4.78, 5) is 2.36. The fourth-order valence-corrected chi connectivity index (χ4v) is 3.04. The third-order valence-corrected chi connectivity index (χ3v) is 4.06. The fourth-order valence-electron chi connectivity index (χ4n) is 3.04. The van der Waals surface area contributed by atoms with Crippen molar-refractivity contribution >= 4 is 5.69 Å². The molecule has 0 amide bonds. The smallest absolute Gasteiger partial charge is 0.129 e. The van der Waals surface area contributed by atoms with Crippen LogP contribution in [0.4, 0.5) is 10.1 Å². The number of nitrogens with zero attached hydrogens (tertiary/aromatic N) is 1. The standard InChI is InChI=1S/C17H27FN2/c1-4-10-19-12-14-15(18)7-5-8-16(14)20-11-6-9-17(2,3)13-20/h5,7-8,19H,4,6,9-13H2,1-3H3. The molecule has 1 aromatic carbocycles. The number of benzene rings is 1. The predicted octanol–water partition coefficient (Wildman–Crippen LogP) is 3.95. The minimum absolute atomic E-state index is 0.0884. The van der Waals surface area contributed by atoms with E-state index in [2.05, 4.69) is 37.1 Å². The van der Waals surface area contributed by atoms with E-state index in [9.17, 15) is 4.39 Å². The zero-order valence-electron chi connectivity index (χ0n) is 13.0. The summed E-state index contributed by atoms with van der Waals surface area (Å²) >= 11 is 0.